The van der Waals surface area contributed by atoms with E-state index < -0.39 is 18.2 Å². The number of hydrazine groups is 1. The molecule has 7 rings (SSSR count). The van der Waals surface area contributed by atoms with Crippen LogP contribution in [0.25, 0.3) is 21.0 Å². The highest BCUT2D eigenvalue weighted by atomic mass is 32.1. The number of aromatic nitrogens is 1. The van der Waals surface area contributed by atoms with Crippen molar-refractivity contribution in [3.63, 3.8) is 0 Å². The third kappa shape index (κ3) is 7.24. The SMILES string of the molecule is C#CCN(C(=O)NCCCC)N1CC(=O)N2[C@@H](Cc3ccc(NC(=O)c4cccc5ccccc45)cc3)C(=O)N(Cc3cccc4sc(N)nc34)C[C@@H]21. The van der Waals surface area contributed by atoms with Gasteiger partial charge in [0.15, 0.2) is 5.13 Å². The van der Waals surface area contributed by atoms with E-state index in [2.05, 4.69) is 21.5 Å². The van der Waals surface area contributed by atoms with Crippen LogP contribution in [0.2, 0.25) is 0 Å². The van der Waals surface area contributed by atoms with Gasteiger partial charge in [-0.05, 0) is 52.6 Å². The number of hydrogen-bond acceptors (Lipinski definition) is 8. The van der Waals surface area contributed by atoms with Crippen molar-refractivity contribution in [1.29, 1.82) is 0 Å². The zero-order valence-electron chi connectivity index (χ0n) is 29.3. The summed E-state index contributed by atoms with van der Waals surface area (Å²) in [5.74, 6) is 1.84. The molecular formula is C40H40N8O4S. The van der Waals surface area contributed by atoms with Crippen molar-refractivity contribution in [3.8, 4) is 12.3 Å². The van der Waals surface area contributed by atoms with E-state index in [1.807, 2.05) is 73.7 Å². The fourth-order valence-electron chi connectivity index (χ4n) is 7.14. The molecule has 4 N–H and O–H groups in total. The van der Waals surface area contributed by atoms with Gasteiger partial charge in [0, 0.05) is 30.8 Å². The number of urea groups is 1. The fraction of sp³-hybridized carbons (Fsp3) is 0.275. The number of amides is 5. The van der Waals surface area contributed by atoms with Crippen molar-refractivity contribution >= 4 is 66.9 Å². The second-order valence-corrected chi connectivity index (χ2v) is 14.2. The van der Waals surface area contributed by atoms with Gasteiger partial charge in [-0.15, -0.1) is 6.42 Å². The van der Waals surface area contributed by atoms with E-state index in [1.54, 1.807) is 33.0 Å². The van der Waals surface area contributed by atoms with Crippen LogP contribution in [0.5, 0.6) is 0 Å². The fourth-order valence-corrected chi connectivity index (χ4v) is 7.93. The molecule has 5 amide bonds. The molecule has 3 heterocycles. The van der Waals surface area contributed by atoms with Crippen molar-refractivity contribution in [1.82, 2.24) is 30.1 Å². The molecule has 0 bridgehead atoms. The first kappa shape index (κ1) is 35.4. The minimum atomic E-state index is -0.863. The monoisotopic (exact) mass is 728 g/mol. The molecule has 1 aromatic heterocycles. The Kier molecular flexibility index (Phi) is 10.2. The van der Waals surface area contributed by atoms with Gasteiger partial charge in [-0.25, -0.2) is 14.8 Å². The molecule has 2 atom stereocenters. The standard InChI is InChI=1S/C40H40N8O4S/c1-3-5-20-42-40(52)46(21-4-2)47-25-35(49)48-32(38(51)45(24-34(47)48)23-28-12-9-15-33-36(28)44-39(41)53-33)22-26-16-18-29(19-17-26)43-37(50)31-14-8-11-27-10-6-7-13-30(27)31/h2,6-19,32,34H,3,5,20-25H2,1H3,(H2,41,44)(H,42,52)(H,43,50)/t32-,34+/m0/s1. The number of nitrogen functional groups attached to an aromatic ring is 1. The Hall–Kier alpha value is -5.97. The van der Waals surface area contributed by atoms with Gasteiger partial charge in [0.2, 0.25) is 11.8 Å². The third-order valence-electron chi connectivity index (χ3n) is 9.71. The van der Waals surface area contributed by atoms with E-state index in [4.69, 9.17) is 12.2 Å². The van der Waals surface area contributed by atoms with Crippen molar-refractivity contribution in [2.75, 3.05) is 37.2 Å². The van der Waals surface area contributed by atoms with Crippen molar-refractivity contribution in [2.24, 2.45) is 0 Å². The van der Waals surface area contributed by atoms with Crippen LogP contribution in [0.4, 0.5) is 15.6 Å². The second-order valence-electron chi connectivity index (χ2n) is 13.2. The summed E-state index contributed by atoms with van der Waals surface area (Å²) in [4.78, 5) is 62.8. The van der Waals surface area contributed by atoms with Crippen LogP contribution >= 0.6 is 11.3 Å². The first-order chi connectivity index (χ1) is 25.7. The molecule has 270 valence electrons. The number of carbonyl (C=O) groups is 4. The Morgan fingerprint density at radius 1 is 1.04 bits per heavy atom. The van der Waals surface area contributed by atoms with E-state index in [-0.39, 0.29) is 50.3 Å². The molecule has 0 saturated carbocycles. The van der Waals surface area contributed by atoms with Crippen LogP contribution in [0.1, 0.15) is 41.3 Å². The number of carbonyl (C=O) groups excluding carboxylic acids is 4. The van der Waals surface area contributed by atoms with E-state index in [9.17, 15) is 19.2 Å². The van der Waals surface area contributed by atoms with Crippen LogP contribution in [0.3, 0.4) is 0 Å². The number of rotatable bonds is 11. The lowest BCUT2D eigenvalue weighted by atomic mass is 9.99. The number of fused-ring (bicyclic) bond motifs is 3. The Bertz CT molecular complexity index is 2230. The summed E-state index contributed by atoms with van der Waals surface area (Å²) in [5, 5.41) is 11.3. The molecule has 13 heteroatoms. The van der Waals surface area contributed by atoms with Gasteiger partial charge in [-0.1, -0.05) is 91.3 Å². The number of nitrogens with zero attached hydrogens (tertiary/aromatic N) is 5. The zero-order valence-corrected chi connectivity index (χ0v) is 30.1. The highest BCUT2D eigenvalue weighted by Gasteiger charge is 2.52. The summed E-state index contributed by atoms with van der Waals surface area (Å²) in [6.07, 6.45) is 7.00. The number of piperazine rings is 1. The molecule has 53 heavy (non-hydrogen) atoms. The molecule has 2 saturated heterocycles. The van der Waals surface area contributed by atoms with Crippen molar-refractivity contribution in [3.05, 3.63) is 102 Å². The molecule has 2 aliphatic rings. The first-order valence-electron chi connectivity index (χ1n) is 17.6. The van der Waals surface area contributed by atoms with Crippen molar-refractivity contribution in [2.45, 2.75) is 44.9 Å². The summed E-state index contributed by atoms with van der Waals surface area (Å²) >= 11 is 1.38. The van der Waals surface area contributed by atoms with Crippen LogP contribution in [0.15, 0.2) is 84.9 Å². The number of terminal acetylenes is 1. The summed E-state index contributed by atoms with van der Waals surface area (Å²) in [5.41, 5.74) is 9.57. The number of unbranched alkanes of at least 4 members (excludes halogenated alkanes) is 1. The van der Waals surface area contributed by atoms with Crippen LogP contribution in [-0.2, 0) is 22.6 Å². The van der Waals surface area contributed by atoms with E-state index in [0.29, 0.717) is 22.9 Å². The maximum Gasteiger partial charge on any atom is 0.332 e. The highest BCUT2D eigenvalue weighted by Crippen LogP contribution is 2.33. The van der Waals surface area contributed by atoms with Gasteiger partial charge in [0.25, 0.3) is 5.91 Å². The predicted molar refractivity (Wildman–Crippen MR) is 206 cm³/mol. The molecule has 0 unspecified atom stereocenters. The summed E-state index contributed by atoms with van der Waals surface area (Å²) in [6, 6.07) is 25.1. The Morgan fingerprint density at radius 2 is 1.81 bits per heavy atom. The van der Waals surface area contributed by atoms with Gasteiger partial charge in [-0.3, -0.25) is 14.4 Å². The normalized spacial score (nSPS) is 17.2. The van der Waals surface area contributed by atoms with Gasteiger partial charge in [-0.2, -0.15) is 5.01 Å². The van der Waals surface area contributed by atoms with Gasteiger partial charge < -0.3 is 26.2 Å². The lowest BCUT2D eigenvalue weighted by Gasteiger charge is -2.46. The van der Waals surface area contributed by atoms with E-state index >= 15 is 0 Å². The number of nitrogens with one attached hydrogen (secondary N) is 2. The molecule has 0 radical (unpaired) electrons. The number of para-hydroxylation sites is 1. The van der Waals surface area contributed by atoms with Gasteiger partial charge in [0.1, 0.15) is 12.2 Å². The first-order valence-corrected chi connectivity index (χ1v) is 18.4. The molecule has 4 aromatic carbocycles. The lowest BCUT2D eigenvalue weighted by Crippen LogP contribution is -2.66. The Labute approximate surface area is 311 Å². The number of benzene rings is 4. The Morgan fingerprint density at radius 3 is 2.60 bits per heavy atom. The van der Waals surface area contributed by atoms with Crippen molar-refractivity contribution < 1.29 is 19.2 Å². The van der Waals surface area contributed by atoms with Crippen LogP contribution in [-0.4, -0.2) is 86.9 Å². The smallest absolute Gasteiger partial charge is 0.332 e. The average molecular weight is 729 g/mol. The number of hydrogen-bond donors (Lipinski definition) is 3. The third-order valence-corrected chi connectivity index (χ3v) is 10.6. The highest BCUT2D eigenvalue weighted by molar-refractivity contribution is 7.22. The van der Waals surface area contributed by atoms with Crippen LogP contribution < -0.4 is 16.4 Å². The number of nitrogens with two attached hydrogens (primary N) is 1. The van der Waals surface area contributed by atoms with Gasteiger partial charge >= 0.3 is 6.03 Å². The molecule has 12 nitrogen and oxygen atoms in total. The molecule has 2 aliphatic heterocycles. The second kappa shape index (κ2) is 15.3. The molecule has 0 aliphatic carbocycles. The van der Waals surface area contributed by atoms with Gasteiger partial charge in [0.05, 0.1) is 29.9 Å². The molecular weight excluding hydrogens is 689 g/mol. The minimum absolute atomic E-state index is 0.0441. The average Bonchev–Trinajstić information content (AvgIpc) is 3.71. The largest absolute Gasteiger partial charge is 0.375 e. The topological polar surface area (TPSA) is 144 Å². The maximum absolute atomic E-state index is 14.4. The van der Waals surface area contributed by atoms with E-state index in [1.165, 1.54) is 16.3 Å². The molecule has 5 aromatic rings. The molecule has 2 fully saturated rings. The molecule has 0 spiro atoms. The Balaban J connectivity index is 1.16. The summed E-state index contributed by atoms with van der Waals surface area (Å²) < 4.78 is 0.914. The maximum atomic E-state index is 14.4. The van der Waals surface area contributed by atoms with E-state index in [0.717, 1.165) is 45.0 Å². The number of thiazole rings is 1. The summed E-state index contributed by atoms with van der Waals surface area (Å²) in [7, 11) is 0. The summed E-state index contributed by atoms with van der Waals surface area (Å²) in [6.45, 7) is 2.74. The number of anilines is 2. The minimum Gasteiger partial charge on any atom is -0.375 e. The zero-order chi connectivity index (χ0) is 37.1. The predicted octanol–water partition coefficient (Wildman–Crippen LogP) is 5.07. The van der Waals surface area contributed by atoms with Crippen LogP contribution in [0, 0.1) is 12.3 Å². The lowest BCUT2D eigenvalue weighted by molar-refractivity contribution is -0.157. The quantitative estimate of drug-likeness (QED) is 0.127.